The summed E-state index contributed by atoms with van der Waals surface area (Å²) in [6.45, 7) is 2.48. The second kappa shape index (κ2) is 9.04. The van der Waals surface area contributed by atoms with Gasteiger partial charge in [-0.05, 0) is 53.9 Å². The number of hydrogen-bond acceptors (Lipinski definition) is 6. The Balaban J connectivity index is 1.39. The molecule has 0 atom stereocenters. The lowest BCUT2D eigenvalue weighted by Crippen LogP contribution is -2.30. The van der Waals surface area contributed by atoms with Gasteiger partial charge in [-0.25, -0.2) is 4.98 Å². The van der Waals surface area contributed by atoms with E-state index in [0.717, 1.165) is 43.2 Å². The Hall–Kier alpha value is -2.61. The van der Waals surface area contributed by atoms with Gasteiger partial charge in [0.15, 0.2) is 16.6 Å². The van der Waals surface area contributed by atoms with Crippen LogP contribution in [0.4, 0.5) is 5.13 Å². The maximum atomic E-state index is 12.4. The number of methoxy groups -OCH3 is 2. The van der Waals surface area contributed by atoms with E-state index in [-0.39, 0.29) is 5.91 Å². The molecule has 3 aromatic rings. The number of carbonyl (C=O) groups is 1. The van der Waals surface area contributed by atoms with Crippen LogP contribution in [0.2, 0.25) is 5.02 Å². The van der Waals surface area contributed by atoms with Gasteiger partial charge in [-0.15, -0.1) is 11.3 Å². The zero-order chi connectivity index (χ0) is 21.1. The first-order valence-electron chi connectivity index (χ1n) is 9.53. The normalized spacial score (nSPS) is 13.6. The third-order valence-corrected chi connectivity index (χ3v) is 6.12. The molecule has 0 unspecified atom stereocenters. The summed E-state index contributed by atoms with van der Waals surface area (Å²) in [4.78, 5) is 19.3. The smallest absolute Gasteiger partial charge is 0.257 e. The second-order valence-electron chi connectivity index (χ2n) is 7.04. The maximum absolute atomic E-state index is 12.4. The van der Waals surface area contributed by atoms with Gasteiger partial charge in [0.1, 0.15) is 0 Å². The Bertz CT molecular complexity index is 1050. The third-order valence-electron chi connectivity index (χ3n) is 5.06. The van der Waals surface area contributed by atoms with E-state index in [1.807, 2.05) is 5.38 Å². The average molecular weight is 444 g/mol. The lowest BCUT2D eigenvalue weighted by Gasteiger charge is -2.29. The highest BCUT2D eigenvalue weighted by Crippen LogP contribution is 2.33. The second-order valence-corrected chi connectivity index (χ2v) is 8.34. The number of carbonyl (C=O) groups excluding carboxylic acids is 1. The molecule has 2 aromatic carbocycles. The van der Waals surface area contributed by atoms with Crippen LogP contribution < -0.4 is 14.8 Å². The van der Waals surface area contributed by atoms with E-state index < -0.39 is 0 Å². The average Bonchev–Trinajstić information content (AvgIpc) is 3.19. The number of thiazole rings is 1. The van der Waals surface area contributed by atoms with Gasteiger partial charge in [0.2, 0.25) is 0 Å². The number of anilines is 1. The van der Waals surface area contributed by atoms with Crippen molar-refractivity contribution in [1.29, 1.82) is 0 Å². The number of halogens is 1. The van der Waals surface area contributed by atoms with E-state index in [9.17, 15) is 4.79 Å². The van der Waals surface area contributed by atoms with Gasteiger partial charge in [-0.1, -0.05) is 11.6 Å². The van der Waals surface area contributed by atoms with E-state index in [0.29, 0.717) is 15.7 Å². The zero-order valence-electron chi connectivity index (χ0n) is 16.8. The zero-order valence-corrected chi connectivity index (χ0v) is 18.3. The summed E-state index contributed by atoms with van der Waals surface area (Å²) in [7, 11) is 3.31. The molecule has 0 radical (unpaired) electrons. The molecule has 30 heavy (non-hydrogen) atoms. The molecule has 1 aromatic heterocycles. The minimum absolute atomic E-state index is 0.194. The monoisotopic (exact) mass is 443 g/mol. The lowest BCUT2D eigenvalue weighted by molar-refractivity contribution is 0.102. The van der Waals surface area contributed by atoms with Crippen molar-refractivity contribution < 1.29 is 14.3 Å². The molecule has 1 amide bonds. The summed E-state index contributed by atoms with van der Waals surface area (Å²) in [6.07, 6.45) is 0.944. The van der Waals surface area contributed by atoms with Gasteiger partial charge in [0.05, 0.1) is 19.9 Å². The number of rotatable bonds is 6. The van der Waals surface area contributed by atoms with Crippen molar-refractivity contribution in [1.82, 2.24) is 9.88 Å². The fourth-order valence-electron chi connectivity index (χ4n) is 3.51. The molecule has 0 spiro atoms. The van der Waals surface area contributed by atoms with Crippen LogP contribution in [0, 0.1) is 0 Å². The van der Waals surface area contributed by atoms with Crippen LogP contribution in [0.15, 0.2) is 41.8 Å². The minimum atomic E-state index is -0.194. The molecule has 6 nitrogen and oxygen atoms in total. The molecule has 8 heteroatoms. The van der Waals surface area contributed by atoms with Gasteiger partial charge in [0.25, 0.3) is 5.91 Å². The summed E-state index contributed by atoms with van der Waals surface area (Å²) < 4.78 is 10.8. The van der Waals surface area contributed by atoms with E-state index in [4.69, 9.17) is 21.1 Å². The minimum Gasteiger partial charge on any atom is -0.493 e. The number of fused-ring (bicyclic) bond motifs is 1. The molecule has 2 heterocycles. The first-order valence-corrected chi connectivity index (χ1v) is 10.8. The Labute approximate surface area is 184 Å². The molecule has 1 aliphatic heterocycles. The lowest BCUT2D eigenvalue weighted by atomic mass is 9.98. The molecule has 0 fully saturated rings. The van der Waals surface area contributed by atoms with Crippen molar-refractivity contribution in [3.63, 3.8) is 0 Å². The first-order chi connectivity index (χ1) is 14.6. The van der Waals surface area contributed by atoms with Crippen LogP contribution in [-0.4, -0.2) is 36.6 Å². The Morgan fingerprint density at radius 1 is 1.17 bits per heavy atom. The SMILES string of the molecule is COc1cc2c(cc1OC)CN(Cc1csc(NC(=O)c3ccc(Cl)cc3)n1)CC2. The number of benzene rings is 2. The predicted octanol–water partition coefficient (Wildman–Crippen LogP) is 4.62. The van der Waals surface area contributed by atoms with Gasteiger partial charge >= 0.3 is 0 Å². The van der Waals surface area contributed by atoms with Crippen molar-refractivity contribution in [2.75, 3.05) is 26.1 Å². The van der Waals surface area contributed by atoms with Crippen molar-refractivity contribution in [3.05, 3.63) is 69.2 Å². The fourth-order valence-corrected chi connectivity index (χ4v) is 4.34. The van der Waals surface area contributed by atoms with E-state index in [1.165, 1.54) is 22.5 Å². The summed E-state index contributed by atoms with van der Waals surface area (Å²) in [5.74, 6) is 1.32. The first kappa shape index (κ1) is 20.7. The number of ether oxygens (including phenoxy) is 2. The Morgan fingerprint density at radius 3 is 2.57 bits per heavy atom. The van der Waals surface area contributed by atoms with Crippen molar-refractivity contribution in [2.45, 2.75) is 19.5 Å². The maximum Gasteiger partial charge on any atom is 0.257 e. The quantitative estimate of drug-likeness (QED) is 0.602. The molecular weight excluding hydrogens is 422 g/mol. The van der Waals surface area contributed by atoms with E-state index >= 15 is 0 Å². The molecule has 4 rings (SSSR count). The van der Waals surface area contributed by atoms with Crippen LogP contribution in [-0.2, 0) is 19.5 Å². The highest BCUT2D eigenvalue weighted by Gasteiger charge is 2.20. The number of nitrogens with one attached hydrogen (secondary N) is 1. The van der Waals surface area contributed by atoms with Crippen molar-refractivity contribution in [2.24, 2.45) is 0 Å². The van der Waals surface area contributed by atoms with Gasteiger partial charge in [-0.3, -0.25) is 15.0 Å². The van der Waals surface area contributed by atoms with Crippen molar-refractivity contribution in [3.8, 4) is 11.5 Å². The summed E-state index contributed by atoms with van der Waals surface area (Å²) >= 11 is 7.30. The topological polar surface area (TPSA) is 63.7 Å². The Kier molecular flexibility index (Phi) is 6.22. The molecule has 1 aliphatic rings. The summed E-state index contributed by atoms with van der Waals surface area (Å²) in [5, 5.41) is 6.03. The van der Waals surface area contributed by atoms with E-state index in [1.54, 1.807) is 38.5 Å². The van der Waals surface area contributed by atoms with Crippen molar-refractivity contribution >= 4 is 34.0 Å². The molecule has 0 saturated carbocycles. The molecule has 156 valence electrons. The predicted molar refractivity (Wildman–Crippen MR) is 119 cm³/mol. The third kappa shape index (κ3) is 4.59. The highest BCUT2D eigenvalue weighted by atomic mass is 35.5. The number of hydrogen-bond donors (Lipinski definition) is 1. The van der Waals surface area contributed by atoms with Crippen LogP contribution in [0.3, 0.4) is 0 Å². The van der Waals surface area contributed by atoms with Crippen LogP contribution >= 0.6 is 22.9 Å². The molecule has 0 aliphatic carbocycles. The standard InChI is InChI=1S/C22H22ClN3O3S/c1-28-19-9-15-7-8-26(11-16(15)10-20(19)29-2)12-18-13-30-22(24-18)25-21(27)14-3-5-17(23)6-4-14/h3-6,9-10,13H,7-8,11-12H2,1-2H3,(H,24,25,27). The Morgan fingerprint density at radius 2 is 1.87 bits per heavy atom. The molecular formula is C22H22ClN3O3S. The number of amides is 1. The van der Waals surface area contributed by atoms with Gasteiger partial charge in [-0.2, -0.15) is 0 Å². The largest absolute Gasteiger partial charge is 0.493 e. The molecule has 0 saturated heterocycles. The highest BCUT2D eigenvalue weighted by molar-refractivity contribution is 7.14. The fraction of sp³-hybridized carbons (Fsp3) is 0.273. The summed E-state index contributed by atoms with van der Waals surface area (Å²) in [6, 6.07) is 10.9. The number of nitrogens with zero attached hydrogens (tertiary/aromatic N) is 2. The number of aromatic nitrogens is 1. The van der Waals surface area contributed by atoms with Gasteiger partial charge in [0, 0.05) is 35.6 Å². The van der Waals surface area contributed by atoms with Gasteiger partial charge < -0.3 is 9.47 Å². The molecule has 0 bridgehead atoms. The van der Waals surface area contributed by atoms with Crippen LogP contribution in [0.25, 0.3) is 0 Å². The summed E-state index contributed by atoms with van der Waals surface area (Å²) in [5.41, 5.74) is 4.02. The molecule has 1 N–H and O–H groups in total. The van der Waals surface area contributed by atoms with Crippen LogP contribution in [0.5, 0.6) is 11.5 Å². The van der Waals surface area contributed by atoms with E-state index in [2.05, 4.69) is 27.3 Å². The van der Waals surface area contributed by atoms with Crippen LogP contribution in [0.1, 0.15) is 27.2 Å².